The van der Waals surface area contributed by atoms with E-state index < -0.39 is 0 Å². The molecule has 0 radical (unpaired) electrons. The molecule has 1 atom stereocenters. The number of carbonyl (C=O) groups is 1. The Bertz CT molecular complexity index is 758. The summed E-state index contributed by atoms with van der Waals surface area (Å²) in [6.07, 6.45) is 2.42. The van der Waals surface area contributed by atoms with Gasteiger partial charge in [-0.3, -0.25) is 9.69 Å². The van der Waals surface area contributed by atoms with Crippen molar-refractivity contribution in [2.24, 2.45) is 0 Å². The van der Waals surface area contributed by atoms with Crippen LogP contribution in [0.3, 0.4) is 0 Å². The third kappa shape index (κ3) is 4.20. The molecule has 3 rings (SSSR count). The van der Waals surface area contributed by atoms with Crippen LogP contribution in [0.1, 0.15) is 34.1 Å². The normalized spacial score (nSPS) is 15.4. The monoisotopic (exact) mass is 390 g/mol. The van der Waals surface area contributed by atoms with E-state index in [2.05, 4.69) is 27.7 Å². The van der Waals surface area contributed by atoms with E-state index in [-0.39, 0.29) is 11.9 Å². The van der Waals surface area contributed by atoms with Gasteiger partial charge in [0.1, 0.15) is 0 Å². The summed E-state index contributed by atoms with van der Waals surface area (Å²) in [6.45, 7) is 2.69. The summed E-state index contributed by atoms with van der Waals surface area (Å²) in [4.78, 5) is 16.6. The van der Waals surface area contributed by atoms with E-state index in [1.165, 1.54) is 31.9 Å². The molecular weight excluding hydrogens is 364 g/mol. The quantitative estimate of drug-likeness (QED) is 0.749. The zero-order valence-corrected chi connectivity index (χ0v) is 16.8. The number of rotatable bonds is 8. The van der Waals surface area contributed by atoms with Gasteiger partial charge in [0, 0.05) is 11.4 Å². The molecule has 0 spiro atoms. The molecule has 1 aliphatic rings. The van der Waals surface area contributed by atoms with Crippen LogP contribution in [-0.4, -0.2) is 51.8 Å². The Kier molecular flexibility index (Phi) is 6.58. The number of ether oxygens (including phenoxy) is 3. The smallest absolute Gasteiger partial charge is 0.255 e. The van der Waals surface area contributed by atoms with Gasteiger partial charge in [0.25, 0.3) is 5.91 Å². The van der Waals surface area contributed by atoms with Gasteiger partial charge in [-0.05, 0) is 49.5 Å². The summed E-state index contributed by atoms with van der Waals surface area (Å²) in [5.41, 5.74) is 0.432. The second-order valence-corrected chi connectivity index (χ2v) is 7.35. The first-order chi connectivity index (χ1) is 13.2. The first-order valence-electron chi connectivity index (χ1n) is 9.04. The van der Waals surface area contributed by atoms with E-state index in [0.717, 1.165) is 13.1 Å². The molecule has 146 valence electrons. The van der Waals surface area contributed by atoms with E-state index in [0.29, 0.717) is 29.4 Å². The van der Waals surface area contributed by atoms with E-state index in [4.69, 9.17) is 14.2 Å². The molecule has 1 aliphatic heterocycles. The third-order valence-corrected chi connectivity index (χ3v) is 5.83. The Morgan fingerprint density at radius 2 is 1.85 bits per heavy atom. The number of carbonyl (C=O) groups excluding carboxylic acids is 1. The van der Waals surface area contributed by atoms with Crippen molar-refractivity contribution in [2.45, 2.75) is 18.9 Å². The first kappa shape index (κ1) is 19.5. The average Bonchev–Trinajstić information content (AvgIpc) is 3.41. The maximum absolute atomic E-state index is 12.9. The Morgan fingerprint density at radius 1 is 1.11 bits per heavy atom. The number of thiophene rings is 1. The van der Waals surface area contributed by atoms with Crippen LogP contribution in [0, 0.1) is 0 Å². The lowest BCUT2D eigenvalue weighted by atomic mass is 10.1. The van der Waals surface area contributed by atoms with E-state index in [9.17, 15) is 4.79 Å². The number of hydrogen-bond acceptors (Lipinski definition) is 6. The largest absolute Gasteiger partial charge is 0.493 e. The molecule has 2 aromatic rings. The van der Waals surface area contributed by atoms with Gasteiger partial charge >= 0.3 is 0 Å². The highest BCUT2D eigenvalue weighted by molar-refractivity contribution is 7.10. The number of likely N-dealkylation sites (tertiary alicyclic amines) is 1. The number of hydrogen-bond donors (Lipinski definition) is 1. The van der Waals surface area contributed by atoms with E-state index >= 15 is 0 Å². The standard InChI is InChI=1S/C20H26N2O4S/c1-24-16-9-8-14(18(25-2)19(16)26-3)20(23)21-13-15(17-7-6-12-27-17)22-10-4-5-11-22/h6-9,12,15H,4-5,10-11,13H2,1-3H3,(H,21,23). The van der Waals surface area contributed by atoms with Crippen LogP contribution in [-0.2, 0) is 0 Å². The molecule has 0 aliphatic carbocycles. The van der Waals surface area contributed by atoms with Crippen LogP contribution in [0.5, 0.6) is 17.2 Å². The molecule has 27 heavy (non-hydrogen) atoms. The van der Waals surface area contributed by atoms with Crippen molar-refractivity contribution in [3.8, 4) is 17.2 Å². The Morgan fingerprint density at radius 3 is 2.44 bits per heavy atom. The highest BCUT2D eigenvalue weighted by Crippen LogP contribution is 2.39. The van der Waals surface area contributed by atoms with Crippen LogP contribution in [0.25, 0.3) is 0 Å². The fraction of sp³-hybridized carbons (Fsp3) is 0.450. The number of methoxy groups -OCH3 is 3. The minimum atomic E-state index is -0.187. The van der Waals surface area contributed by atoms with Crippen LogP contribution < -0.4 is 19.5 Å². The molecule has 7 heteroatoms. The van der Waals surface area contributed by atoms with Crippen molar-refractivity contribution in [3.05, 3.63) is 40.1 Å². The van der Waals surface area contributed by atoms with Crippen molar-refractivity contribution in [1.29, 1.82) is 0 Å². The van der Waals surface area contributed by atoms with Gasteiger partial charge in [-0.1, -0.05) is 6.07 Å². The van der Waals surface area contributed by atoms with Crippen LogP contribution in [0.15, 0.2) is 29.6 Å². The zero-order valence-electron chi connectivity index (χ0n) is 16.0. The molecule has 1 fully saturated rings. The molecule has 6 nitrogen and oxygen atoms in total. The second-order valence-electron chi connectivity index (χ2n) is 6.37. The van der Waals surface area contributed by atoms with Gasteiger partial charge in [0.05, 0.1) is 32.9 Å². The van der Waals surface area contributed by atoms with Gasteiger partial charge in [0.2, 0.25) is 5.75 Å². The lowest BCUT2D eigenvalue weighted by Crippen LogP contribution is -2.36. The topological polar surface area (TPSA) is 60.0 Å². The summed E-state index contributed by atoms with van der Waals surface area (Å²) in [7, 11) is 4.60. The number of benzene rings is 1. The summed E-state index contributed by atoms with van der Waals surface area (Å²) in [6, 6.07) is 7.81. The molecule has 0 saturated carbocycles. The van der Waals surface area contributed by atoms with Gasteiger partial charge in [-0.15, -0.1) is 11.3 Å². The lowest BCUT2D eigenvalue weighted by molar-refractivity contribution is 0.0934. The predicted octanol–water partition coefficient (Wildman–Crippen LogP) is 3.34. The summed E-state index contributed by atoms with van der Waals surface area (Å²) >= 11 is 1.73. The van der Waals surface area contributed by atoms with Crippen LogP contribution >= 0.6 is 11.3 Å². The average molecular weight is 391 g/mol. The van der Waals surface area contributed by atoms with Gasteiger partial charge in [0.15, 0.2) is 11.5 Å². The van der Waals surface area contributed by atoms with E-state index in [1.54, 1.807) is 30.6 Å². The Balaban J connectivity index is 1.78. The van der Waals surface area contributed by atoms with E-state index in [1.807, 2.05) is 0 Å². The van der Waals surface area contributed by atoms with Gasteiger partial charge in [-0.25, -0.2) is 0 Å². The summed E-state index contributed by atoms with van der Waals surface area (Å²) in [5, 5.41) is 5.16. The van der Waals surface area contributed by atoms with Crippen molar-refractivity contribution in [2.75, 3.05) is 41.0 Å². The Hall–Kier alpha value is -2.25. The van der Waals surface area contributed by atoms with Gasteiger partial charge < -0.3 is 19.5 Å². The van der Waals surface area contributed by atoms with Crippen molar-refractivity contribution < 1.29 is 19.0 Å². The highest BCUT2D eigenvalue weighted by Gasteiger charge is 2.26. The maximum atomic E-state index is 12.9. The molecule has 1 aromatic carbocycles. The maximum Gasteiger partial charge on any atom is 0.255 e. The predicted molar refractivity (Wildman–Crippen MR) is 106 cm³/mol. The van der Waals surface area contributed by atoms with Crippen LogP contribution in [0.4, 0.5) is 0 Å². The summed E-state index contributed by atoms with van der Waals surface area (Å²) in [5.74, 6) is 1.14. The lowest BCUT2D eigenvalue weighted by Gasteiger charge is -2.27. The van der Waals surface area contributed by atoms with Crippen molar-refractivity contribution in [1.82, 2.24) is 10.2 Å². The molecular formula is C20H26N2O4S. The SMILES string of the molecule is COc1ccc(C(=O)NCC(c2cccs2)N2CCCC2)c(OC)c1OC. The second kappa shape index (κ2) is 9.10. The molecule has 1 N–H and O–H groups in total. The minimum Gasteiger partial charge on any atom is -0.493 e. The Labute approximate surface area is 164 Å². The third-order valence-electron chi connectivity index (χ3n) is 4.86. The molecule has 1 saturated heterocycles. The van der Waals surface area contributed by atoms with Crippen LogP contribution in [0.2, 0.25) is 0 Å². The molecule has 1 unspecified atom stereocenters. The zero-order chi connectivity index (χ0) is 19.2. The molecule has 1 amide bonds. The fourth-order valence-corrected chi connectivity index (χ4v) is 4.37. The minimum absolute atomic E-state index is 0.187. The fourth-order valence-electron chi connectivity index (χ4n) is 3.51. The highest BCUT2D eigenvalue weighted by atomic mass is 32.1. The molecule has 0 bridgehead atoms. The van der Waals surface area contributed by atoms with Gasteiger partial charge in [-0.2, -0.15) is 0 Å². The van der Waals surface area contributed by atoms with Crippen molar-refractivity contribution in [3.63, 3.8) is 0 Å². The van der Waals surface area contributed by atoms with Crippen molar-refractivity contribution >= 4 is 17.2 Å². The molecule has 1 aromatic heterocycles. The summed E-state index contributed by atoms with van der Waals surface area (Å²) < 4.78 is 16.1. The number of nitrogens with one attached hydrogen (secondary N) is 1. The number of nitrogens with zero attached hydrogens (tertiary/aromatic N) is 1. The first-order valence-corrected chi connectivity index (χ1v) is 9.92. The number of amides is 1. The molecule has 2 heterocycles.